The highest BCUT2D eigenvalue weighted by atomic mass is 32.2. The van der Waals surface area contributed by atoms with E-state index in [1.165, 1.54) is 0 Å². The first-order chi connectivity index (χ1) is 9.62. The van der Waals surface area contributed by atoms with Crippen LogP contribution in [0.1, 0.15) is 36.8 Å². The zero-order chi connectivity index (χ0) is 14.4. The van der Waals surface area contributed by atoms with E-state index in [0.717, 1.165) is 36.8 Å². The molecule has 0 bridgehead atoms. The minimum absolute atomic E-state index is 0.211. The van der Waals surface area contributed by atoms with Gasteiger partial charge in [0.1, 0.15) is 0 Å². The second-order valence-corrected chi connectivity index (χ2v) is 7.02. The Kier molecular flexibility index (Phi) is 5.18. The summed E-state index contributed by atoms with van der Waals surface area (Å²) in [5.74, 6) is 5.72. The molecule has 0 saturated heterocycles. The molecule has 1 aromatic rings. The normalized spacial score (nSPS) is 15.8. The average Bonchev–Trinajstić information content (AvgIpc) is 2.99. The minimum atomic E-state index is -3.18. The van der Waals surface area contributed by atoms with E-state index in [4.69, 9.17) is 5.73 Å². The van der Waals surface area contributed by atoms with Crippen LogP contribution in [0.25, 0.3) is 0 Å². The van der Waals surface area contributed by atoms with Crippen molar-refractivity contribution in [3.8, 4) is 11.8 Å². The van der Waals surface area contributed by atoms with E-state index in [1.807, 2.05) is 24.3 Å². The maximum absolute atomic E-state index is 12.1. The third-order valence-corrected chi connectivity index (χ3v) is 5.40. The van der Waals surface area contributed by atoms with Crippen molar-refractivity contribution in [1.29, 1.82) is 0 Å². The van der Waals surface area contributed by atoms with Gasteiger partial charge in [-0.3, -0.25) is 0 Å². The molecule has 4 nitrogen and oxygen atoms in total. The molecule has 3 N–H and O–H groups in total. The Labute approximate surface area is 120 Å². The average molecular weight is 292 g/mol. The Hall–Kier alpha value is -1.35. The molecule has 0 radical (unpaired) electrons. The molecular weight excluding hydrogens is 272 g/mol. The molecule has 20 heavy (non-hydrogen) atoms. The van der Waals surface area contributed by atoms with Gasteiger partial charge in [-0.05, 0) is 30.5 Å². The van der Waals surface area contributed by atoms with Crippen LogP contribution in [0.3, 0.4) is 0 Å². The molecule has 0 atom stereocenters. The van der Waals surface area contributed by atoms with Gasteiger partial charge < -0.3 is 5.73 Å². The topological polar surface area (TPSA) is 72.2 Å². The largest absolute Gasteiger partial charge is 0.320 e. The summed E-state index contributed by atoms with van der Waals surface area (Å²) in [5, 5.41) is -0.211. The highest BCUT2D eigenvalue weighted by Crippen LogP contribution is 2.24. The lowest BCUT2D eigenvalue weighted by Gasteiger charge is -2.12. The fourth-order valence-electron chi connectivity index (χ4n) is 2.36. The van der Waals surface area contributed by atoms with E-state index in [9.17, 15) is 8.42 Å². The Morgan fingerprint density at radius 2 is 1.85 bits per heavy atom. The van der Waals surface area contributed by atoms with E-state index in [1.54, 1.807) is 0 Å². The van der Waals surface area contributed by atoms with Crippen LogP contribution in [-0.2, 0) is 16.6 Å². The summed E-state index contributed by atoms with van der Waals surface area (Å²) in [6.07, 6.45) is 3.59. The fourth-order valence-corrected chi connectivity index (χ4v) is 3.92. The van der Waals surface area contributed by atoms with Crippen LogP contribution in [0.15, 0.2) is 24.3 Å². The molecule has 0 unspecified atom stereocenters. The van der Waals surface area contributed by atoms with E-state index >= 15 is 0 Å². The quantitative estimate of drug-likeness (QED) is 0.823. The molecule has 1 aromatic carbocycles. The molecule has 1 saturated carbocycles. The molecule has 2 rings (SSSR count). The maximum atomic E-state index is 12.1. The molecule has 1 aliphatic carbocycles. The lowest BCUT2D eigenvalue weighted by Crippen LogP contribution is -2.32. The molecule has 108 valence electrons. The van der Waals surface area contributed by atoms with Crippen molar-refractivity contribution in [2.24, 2.45) is 5.73 Å². The Morgan fingerprint density at radius 3 is 2.45 bits per heavy atom. The third-order valence-electron chi connectivity index (χ3n) is 3.51. The highest BCUT2D eigenvalue weighted by Gasteiger charge is 2.27. The number of benzene rings is 1. The van der Waals surface area contributed by atoms with Crippen LogP contribution < -0.4 is 10.5 Å². The number of rotatable bonds is 4. The van der Waals surface area contributed by atoms with Crippen molar-refractivity contribution >= 4 is 10.0 Å². The van der Waals surface area contributed by atoms with Crippen molar-refractivity contribution in [2.45, 2.75) is 37.5 Å². The van der Waals surface area contributed by atoms with Crippen LogP contribution >= 0.6 is 0 Å². The zero-order valence-corrected chi connectivity index (χ0v) is 12.2. The summed E-state index contributed by atoms with van der Waals surface area (Å²) in [4.78, 5) is 0. The first-order valence-corrected chi connectivity index (χ1v) is 8.43. The van der Waals surface area contributed by atoms with Crippen molar-refractivity contribution in [2.75, 3.05) is 6.54 Å². The van der Waals surface area contributed by atoms with E-state index < -0.39 is 10.0 Å². The Morgan fingerprint density at radius 1 is 1.20 bits per heavy atom. The molecule has 0 amide bonds. The van der Waals surface area contributed by atoms with Gasteiger partial charge in [-0.25, -0.2) is 13.1 Å². The summed E-state index contributed by atoms with van der Waals surface area (Å²) < 4.78 is 26.8. The summed E-state index contributed by atoms with van der Waals surface area (Å²) in [5.41, 5.74) is 7.13. The molecular formula is C15H20N2O2S. The highest BCUT2D eigenvalue weighted by molar-refractivity contribution is 7.90. The van der Waals surface area contributed by atoms with Crippen LogP contribution in [-0.4, -0.2) is 20.2 Å². The van der Waals surface area contributed by atoms with Gasteiger partial charge >= 0.3 is 0 Å². The number of hydrogen-bond acceptors (Lipinski definition) is 3. The maximum Gasteiger partial charge on any atom is 0.214 e. The molecule has 0 heterocycles. The van der Waals surface area contributed by atoms with Crippen LogP contribution in [0.2, 0.25) is 0 Å². The monoisotopic (exact) mass is 292 g/mol. The molecule has 1 fully saturated rings. The van der Waals surface area contributed by atoms with Gasteiger partial charge in [-0.2, -0.15) is 0 Å². The number of nitrogens with one attached hydrogen (secondary N) is 1. The van der Waals surface area contributed by atoms with Gasteiger partial charge in [-0.1, -0.05) is 36.8 Å². The van der Waals surface area contributed by atoms with Gasteiger partial charge in [0.2, 0.25) is 10.0 Å². The minimum Gasteiger partial charge on any atom is -0.320 e. The number of sulfonamides is 1. The molecule has 5 heteroatoms. The number of hydrogen-bond donors (Lipinski definition) is 2. The van der Waals surface area contributed by atoms with Gasteiger partial charge in [0.15, 0.2) is 0 Å². The van der Waals surface area contributed by atoms with Gasteiger partial charge in [-0.15, -0.1) is 0 Å². The van der Waals surface area contributed by atoms with E-state index in [-0.39, 0.29) is 5.25 Å². The molecule has 0 spiro atoms. The van der Waals surface area contributed by atoms with Gasteiger partial charge in [0.05, 0.1) is 11.8 Å². The predicted molar refractivity (Wildman–Crippen MR) is 80.4 cm³/mol. The predicted octanol–water partition coefficient (Wildman–Crippen LogP) is 1.36. The van der Waals surface area contributed by atoms with Crippen molar-refractivity contribution in [3.05, 3.63) is 35.4 Å². The van der Waals surface area contributed by atoms with Crippen molar-refractivity contribution in [3.63, 3.8) is 0 Å². The third kappa shape index (κ3) is 4.07. The fraction of sp³-hybridized carbons (Fsp3) is 0.467. The van der Waals surface area contributed by atoms with Crippen molar-refractivity contribution in [1.82, 2.24) is 4.72 Å². The summed E-state index contributed by atoms with van der Waals surface area (Å²) in [7, 11) is -3.18. The lowest BCUT2D eigenvalue weighted by molar-refractivity contribution is 0.564. The smallest absolute Gasteiger partial charge is 0.214 e. The van der Waals surface area contributed by atoms with Crippen LogP contribution in [0.4, 0.5) is 0 Å². The van der Waals surface area contributed by atoms with E-state index in [2.05, 4.69) is 16.6 Å². The van der Waals surface area contributed by atoms with Crippen LogP contribution in [0, 0.1) is 11.8 Å². The molecule has 0 aromatic heterocycles. The zero-order valence-electron chi connectivity index (χ0n) is 11.4. The number of nitrogens with two attached hydrogens (primary N) is 1. The van der Waals surface area contributed by atoms with Gasteiger partial charge in [0.25, 0.3) is 0 Å². The SMILES string of the molecule is NCC#Cc1ccc(CNS(=O)(=O)C2CCCC2)cc1. The van der Waals surface area contributed by atoms with E-state index in [0.29, 0.717) is 13.1 Å². The van der Waals surface area contributed by atoms with Crippen molar-refractivity contribution < 1.29 is 8.42 Å². The summed E-state index contributed by atoms with van der Waals surface area (Å²) in [6.45, 7) is 0.673. The molecule has 0 aliphatic heterocycles. The van der Waals surface area contributed by atoms with Crippen LogP contribution in [0.5, 0.6) is 0 Å². The summed E-state index contributed by atoms with van der Waals surface area (Å²) in [6, 6.07) is 7.53. The summed E-state index contributed by atoms with van der Waals surface area (Å²) >= 11 is 0. The second-order valence-electron chi connectivity index (χ2n) is 4.98. The Balaban J connectivity index is 1.93. The lowest BCUT2D eigenvalue weighted by atomic mass is 10.1. The van der Waals surface area contributed by atoms with Gasteiger partial charge in [0, 0.05) is 12.1 Å². The second kappa shape index (κ2) is 6.89. The first-order valence-electron chi connectivity index (χ1n) is 6.88. The Bertz CT molecular complexity index is 591. The first kappa shape index (κ1) is 15.0. The standard InChI is InChI=1S/C15H20N2O2S/c16-11-3-4-13-7-9-14(10-8-13)12-17-20(18,19)15-5-1-2-6-15/h7-10,15,17H,1-2,5-6,11-12,16H2. The molecule has 1 aliphatic rings.